The summed E-state index contributed by atoms with van der Waals surface area (Å²) in [7, 11) is 0. The van der Waals surface area contributed by atoms with Gasteiger partial charge in [-0.25, -0.2) is 15.0 Å². The standard InChI is InChI=1S/C57H34N4O2/c1-4-16-35(17-5-1)45-33-38(34-51-52(45)43-23-11-13-28-48(43)63-51)56-58-55(36-18-6-2-7-19-36)59-57(60-56)44-26-15-29-50-53(44)46-32-37(30-31-49(46)62-50)40-24-14-25-42-41-22-10-12-27-47(41)61(54(40)42)39-20-8-3-9-21-39/h1-34H. The molecule has 0 N–H and O–H groups in total. The number of aromatic nitrogens is 4. The predicted octanol–water partition coefficient (Wildman–Crippen LogP) is 15.1. The predicted molar refractivity (Wildman–Crippen MR) is 256 cm³/mol. The van der Waals surface area contributed by atoms with E-state index in [1.807, 2.05) is 60.7 Å². The van der Waals surface area contributed by atoms with Crippen LogP contribution in [0.3, 0.4) is 0 Å². The van der Waals surface area contributed by atoms with Gasteiger partial charge in [-0.15, -0.1) is 0 Å². The van der Waals surface area contributed by atoms with E-state index in [2.05, 4.69) is 150 Å². The molecule has 0 aliphatic rings. The number of hydrogen-bond donors (Lipinski definition) is 0. The van der Waals surface area contributed by atoms with Crippen LogP contribution >= 0.6 is 0 Å². The first-order valence-electron chi connectivity index (χ1n) is 21.1. The molecule has 9 aromatic carbocycles. The number of furan rings is 2. The van der Waals surface area contributed by atoms with E-state index in [4.69, 9.17) is 23.8 Å². The summed E-state index contributed by atoms with van der Waals surface area (Å²) in [5, 5.41) is 6.46. The number of benzene rings is 9. The molecule has 0 fully saturated rings. The smallest absolute Gasteiger partial charge is 0.164 e. The molecule has 0 atom stereocenters. The molecule has 4 aromatic heterocycles. The molecule has 0 spiro atoms. The monoisotopic (exact) mass is 806 g/mol. The second-order valence-electron chi connectivity index (χ2n) is 15.9. The number of nitrogens with zero attached hydrogens (tertiary/aromatic N) is 4. The molecule has 0 unspecified atom stereocenters. The number of rotatable bonds is 6. The van der Waals surface area contributed by atoms with Crippen molar-refractivity contribution in [1.82, 2.24) is 19.5 Å². The van der Waals surface area contributed by atoms with Gasteiger partial charge >= 0.3 is 0 Å². The van der Waals surface area contributed by atoms with Gasteiger partial charge in [-0.05, 0) is 71.3 Å². The van der Waals surface area contributed by atoms with Crippen LogP contribution < -0.4 is 0 Å². The average Bonchev–Trinajstić information content (AvgIpc) is 4.04. The molecule has 0 aliphatic carbocycles. The second kappa shape index (κ2) is 14.0. The molecular weight excluding hydrogens is 773 g/mol. The fourth-order valence-corrected chi connectivity index (χ4v) is 9.45. The van der Waals surface area contributed by atoms with Crippen LogP contribution in [0, 0.1) is 0 Å². The Labute approximate surface area is 361 Å². The fourth-order valence-electron chi connectivity index (χ4n) is 9.45. The third-order valence-corrected chi connectivity index (χ3v) is 12.2. The van der Waals surface area contributed by atoms with E-state index >= 15 is 0 Å². The van der Waals surface area contributed by atoms with E-state index in [1.54, 1.807) is 0 Å². The number of fused-ring (bicyclic) bond motifs is 9. The lowest BCUT2D eigenvalue weighted by atomic mass is 9.96. The highest BCUT2D eigenvalue weighted by atomic mass is 16.3. The van der Waals surface area contributed by atoms with Crippen molar-refractivity contribution in [2.45, 2.75) is 0 Å². The van der Waals surface area contributed by atoms with Gasteiger partial charge in [-0.2, -0.15) is 0 Å². The molecule has 13 aromatic rings. The quantitative estimate of drug-likeness (QED) is 0.167. The lowest BCUT2D eigenvalue weighted by molar-refractivity contribution is 0.668. The summed E-state index contributed by atoms with van der Waals surface area (Å²) in [6.45, 7) is 0. The van der Waals surface area contributed by atoms with Crippen molar-refractivity contribution in [3.63, 3.8) is 0 Å². The molecule has 0 amide bonds. The summed E-state index contributed by atoms with van der Waals surface area (Å²) in [6.07, 6.45) is 0. The SMILES string of the molecule is c1ccc(-c2nc(-c3cc(-c4ccccc4)c4c(c3)oc3ccccc34)nc(-c3cccc4oc5ccc(-c6cccc7c8ccccc8n(-c8ccccc8)c67)cc5c34)n2)cc1. The average molecular weight is 807 g/mol. The van der Waals surface area contributed by atoms with Crippen LogP contribution in [-0.2, 0) is 0 Å². The first-order valence-corrected chi connectivity index (χ1v) is 21.1. The fraction of sp³-hybridized carbons (Fsp3) is 0. The maximum absolute atomic E-state index is 6.62. The van der Waals surface area contributed by atoms with Crippen LogP contribution in [0.2, 0.25) is 0 Å². The van der Waals surface area contributed by atoms with E-state index in [-0.39, 0.29) is 0 Å². The summed E-state index contributed by atoms with van der Waals surface area (Å²) in [5.41, 5.74) is 13.5. The molecule has 0 bridgehead atoms. The summed E-state index contributed by atoms with van der Waals surface area (Å²) in [6, 6.07) is 71.5. The van der Waals surface area contributed by atoms with Crippen LogP contribution in [0.1, 0.15) is 0 Å². The molecule has 4 heterocycles. The van der Waals surface area contributed by atoms with Crippen molar-refractivity contribution in [3.8, 4) is 62.1 Å². The maximum Gasteiger partial charge on any atom is 0.164 e. The topological polar surface area (TPSA) is 69.9 Å². The molecule has 63 heavy (non-hydrogen) atoms. The van der Waals surface area contributed by atoms with Gasteiger partial charge in [0.05, 0.1) is 11.0 Å². The molecular formula is C57H34N4O2. The minimum atomic E-state index is 0.546. The van der Waals surface area contributed by atoms with Crippen LogP contribution in [0.25, 0.3) is 128 Å². The van der Waals surface area contributed by atoms with Gasteiger partial charge < -0.3 is 13.4 Å². The van der Waals surface area contributed by atoms with E-state index in [0.29, 0.717) is 17.5 Å². The van der Waals surface area contributed by atoms with Crippen molar-refractivity contribution in [1.29, 1.82) is 0 Å². The highest BCUT2D eigenvalue weighted by Crippen LogP contribution is 2.43. The van der Waals surface area contributed by atoms with Crippen molar-refractivity contribution < 1.29 is 8.83 Å². The van der Waals surface area contributed by atoms with Gasteiger partial charge in [-0.1, -0.05) is 152 Å². The minimum Gasteiger partial charge on any atom is -0.456 e. The van der Waals surface area contributed by atoms with E-state index in [0.717, 1.165) is 94.0 Å². The van der Waals surface area contributed by atoms with Crippen LogP contribution in [0.4, 0.5) is 0 Å². The van der Waals surface area contributed by atoms with Gasteiger partial charge in [0.1, 0.15) is 22.3 Å². The highest BCUT2D eigenvalue weighted by molar-refractivity contribution is 6.17. The summed E-state index contributed by atoms with van der Waals surface area (Å²) in [5.74, 6) is 1.67. The highest BCUT2D eigenvalue weighted by Gasteiger charge is 2.22. The van der Waals surface area contributed by atoms with Gasteiger partial charge in [0.15, 0.2) is 17.5 Å². The lowest BCUT2D eigenvalue weighted by Crippen LogP contribution is -2.00. The molecule has 294 valence electrons. The molecule has 0 saturated carbocycles. The van der Waals surface area contributed by atoms with E-state index in [9.17, 15) is 0 Å². The van der Waals surface area contributed by atoms with Gasteiger partial charge in [0.25, 0.3) is 0 Å². The van der Waals surface area contributed by atoms with Gasteiger partial charge in [0, 0.05) is 60.3 Å². The van der Waals surface area contributed by atoms with Gasteiger partial charge in [0.2, 0.25) is 0 Å². The number of para-hydroxylation sites is 4. The second-order valence-corrected chi connectivity index (χ2v) is 15.9. The zero-order valence-corrected chi connectivity index (χ0v) is 33.7. The zero-order valence-electron chi connectivity index (χ0n) is 33.7. The number of hydrogen-bond acceptors (Lipinski definition) is 5. The van der Waals surface area contributed by atoms with Crippen LogP contribution in [0.15, 0.2) is 215 Å². The van der Waals surface area contributed by atoms with Crippen LogP contribution in [-0.4, -0.2) is 19.5 Å². The van der Waals surface area contributed by atoms with Crippen LogP contribution in [0.5, 0.6) is 0 Å². The molecule has 0 aliphatic heterocycles. The Kier molecular flexibility index (Phi) is 7.80. The maximum atomic E-state index is 6.62. The normalized spacial score (nSPS) is 11.8. The molecule has 6 nitrogen and oxygen atoms in total. The van der Waals surface area contributed by atoms with Crippen molar-refractivity contribution in [2.24, 2.45) is 0 Å². The Balaban J connectivity index is 1.04. The minimum absolute atomic E-state index is 0.546. The third kappa shape index (κ3) is 5.62. The van der Waals surface area contributed by atoms with E-state index in [1.165, 1.54) is 16.3 Å². The molecule has 13 rings (SSSR count). The zero-order chi connectivity index (χ0) is 41.4. The summed E-state index contributed by atoms with van der Waals surface area (Å²) >= 11 is 0. The Morgan fingerprint density at radius 3 is 1.73 bits per heavy atom. The molecule has 0 saturated heterocycles. The Morgan fingerprint density at radius 1 is 0.317 bits per heavy atom. The summed E-state index contributed by atoms with van der Waals surface area (Å²) < 4.78 is 15.5. The van der Waals surface area contributed by atoms with Crippen molar-refractivity contribution in [3.05, 3.63) is 206 Å². The Hall–Kier alpha value is -8.61. The van der Waals surface area contributed by atoms with Gasteiger partial charge in [-0.3, -0.25) is 0 Å². The Bertz CT molecular complexity index is 3900. The molecule has 0 radical (unpaired) electrons. The van der Waals surface area contributed by atoms with Crippen molar-refractivity contribution in [2.75, 3.05) is 0 Å². The molecule has 6 heteroatoms. The third-order valence-electron chi connectivity index (χ3n) is 12.2. The Morgan fingerprint density at radius 2 is 0.905 bits per heavy atom. The summed E-state index contributed by atoms with van der Waals surface area (Å²) in [4.78, 5) is 15.7. The largest absolute Gasteiger partial charge is 0.456 e. The first kappa shape index (κ1) is 35.2. The lowest BCUT2D eigenvalue weighted by Gasteiger charge is -2.12. The van der Waals surface area contributed by atoms with Crippen molar-refractivity contribution >= 4 is 65.7 Å². The first-order chi connectivity index (χ1) is 31.2. The van der Waals surface area contributed by atoms with E-state index < -0.39 is 0 Å².